The number of amides is 2. The number of rotatable bonds is 11. The second-order valence-electron chi connectivity index (χ2n) is 9.27. The normalized spacial score (nSPS) is 11.9. The third kappa shape index (κ3) is 7.84. The number of carbonyl (C=O) groups is 2. The lowest BCUT2D eigenvalue weighted by Gasteiger charge is -2.33. The van der Waals surface area contributed by atoms with Gasteiger partial charge in [0.05, 0.1) is 10.6 Å². The third-order valence-corrected chi connectivity index (χ3v) is 9.35. The molecule has 0 saturated heterocycles. The molecule has 0 unspecified atom stereocenters. The highest BCUT2D eigenvalue weighted by Gasteiger charge is 2.34. The number of benzene rings is 4. The highest BCUT2D eigenvalue weighted by Crippen LogP contribution is 2.26. The fraction of sp³-hybridized carbons (Fsp3) is 0.161. The van der Waals surface area contributed by atoms with Crippen LogP contribution in [0.25, 0.3) is 0 Å². The summed E-state index contributed by atoms with van der Waals surface area (Å²) in [6, 6.07) is 30.7. The zero-order valence-corrected chi connectivity index (χ0v) is 26.3. The first-order valence-corrected chi connectivity index (χ1v) is 15.8. The Kier molecular flexibility index (Phi) is 10.4. The summed E-state index contributed by atoms with van der Waals surface area (Å²) < 4.78 is 30.5. The van der Waals surface area contributed by atoms with Gasteiger partial charge in [-0.1, -0.05) is 92.5 Å². The summed E-state index contributed by atoms with van der Waals surface area (Å²) in [4.78, 5) is 29.0. The molecule has 0 spiro atoms. The quantitative estimate of drug-likeness (QED) is 0.215. The molecule has 41 heavy (non-hydrogen) atoms. The second-order valence-corrected chi connectivity index (χ2v) is 13.0. The molecule has 0 aliphatic rings. The van der Waals surface area contributed by atoms with Gasteiger partial charge in [0, 0.05) is 29.0 Å². The molecule has 1 atom stereocenters. The maximum atomic E-state index is 14.2. The second kappa shape index (κ2) is 13.9. The predicted octanol–water partition coefficient (Wildman–Crippen LogP) is 5.79. The van der Waals surface area contributed by atoms with Crippen molar-refractivity contribution < 1.29 is 18.0 Å². The van der Waals surface area contributed by atoms with E-state index in [1.54, 1.807) is 42.5 Å². The molecule has 0 heterocycles. The van der Waals surface area contributed by atoms with Crippen molar-refractivity contribution in [1.29, 1.82) is 0 Å². The van der Waals surface area contributed by atoms with Crippen LogP contribution in [0, 0.1) is 0 Å². The number of halogens is 2. The Balaban J connectivity index is 1.77. The van der Waals surface area contributed by atoms with Crippen LogP contribution in [0.5, 0.6) is 0 Å². The average molecular weight is 699 g/mol. The average Bonchev–Trinajstić information content (AvgIpc) is 2.99. The number of likely N-dealkylation sites (N-methyl/N-ethyl adjacent to an activating group) is 1. The molecular weight excluding hydrogens is 670 g/mol. The van der Waals surface area contributed by atoms with Crippen molar-refractivity contribution in [3.05, 3.63) is 129 Å². The van der Waals surface area contributed by atoms with Crippen LogP contribution in [0.3, 0.4) is 0 Å². The fourth-order valence-electron chi connectivity index (χ4n) is 4.36. The first kappa shape index (κ1) is 30.5. The summed E-state index contributed by atoms with van der Waals surface area (Å²) in [5.41, 5.74) is 1.99. The molecule has 0 bridgehead atoms. The fourth-order valence-corrected chi connectivity index (χ4v) is 6.33. The van der Waals surface area contributed by atoms with Gasteiger partial charge in [0.25, 0.3) is 10.0 Å². The molecular formula is C31H29Br2N3O4S. The summed E-state index contributed by atoms with van der Waals surface area (Å²) in [7, 11) is -2.60. The molecule has 0 fully saturated rings. The van der Waals surface area contributed by atoms with E-state index in [1.165, 1.54) is 24.1 Å². The summed E-state index contributed by atoms with van der Waals surface area (Å²) in [5, 5.41) is 2.69. The van der Waals surface area contributed by atoms with Crippen molar-refractivity contribution in [2.75, 3.05) is 17.9 Å². The smallest absolute Gasteiger partial charge is 0.264 e. The molecule has 0 aliphatic heterocycles. The Morgan fingerprint density at radius 3 is 1.85 bits per heavy atom. The Bertz CT molecular complexity index is 1570. The Morgan fingerprint density at radius 2 is 1.29 bits per heavy atom. The number of hydrogen-bond donors (Lipinski definition) is 1. The van der Waals surface area contributed by atoms with Gasteiger partial charge in [-0.2, -0.15) is 0 Å². The topological polar surface area (TPSA) is 86.8 Å². The van der Waals surface area contributed by atoms with Gasteiger partial charge in [0.2, 0.25) is 11.8 Å². The Hall–Kier alpha value is -3.47. The number of sulfonamides is 1. The minimum atomic E-state index is -4.12. The van der Waals surface area contributed by atoms with Crippen molar-refractivity contribution in [2.45, 2.75) is 23.9 Å². The zero-order chi connectivity index (χ0) is 29.4. The van der Waals surface area contributed by atoms with E-state index in [0.29, 0.717) is 5.69 Å². The van der Waals surface area contributed by atoms with E-state index < -0.39 is 28.5 Å². The summed E-state index contributed by atoms with van der Waals surface area (Å²) in [5.74, 6) is -0.861. The van der Waals surface area contributed by atoms with E-state index in [0.717, 1.165) is 24.4 Å². The molecule has 10 heteroatoms. The van der Waals surface area contributed by atoms with E-state index in [1.807, 2.05) is 54.6 Å². The number of carbonyl (C=O) groups excluding carboxylic acids is 2. The number of anilines is 1. The van der Waals surface area contributed by atoms with Crippen LogP contribution in [-0.4, -0.2) is 44.8 Å². The van der Waals surface area contributed by atoms with Gasteiger partial charge < -0.3 is 10.2 Å². The number of nitrogens with one attached hydrogen (secondary N) is 1. The molecule has 4 rings (SSSR count). The van der Waals surface area contributed by atoms with Gasteiger partial charge in [0.1, 0.15) is 12.6 Å². The molecule has 4 aromatic carbocycles. The van der Waals surface area contributed by atoms with Crippen molar-refractivity contribution in [3.8, 4) is 0 Å². The molecule has 2 amide bonds. The first-order valence-electron chi connectivity index (χ1n) is 12.8. The lowest BCUT2D eigenvalue weighted by atomic mass is 10.0. The zero-order valence-electron chi connectivity index (χ0n) is 22.3. The van der Waals surface area contributed by atoms with E-state index in [-0.39, 0.29) is 23.8 Å². The van der Waals surface area contributed by atoms with E-state index in [2.05, 4.69) is 37.2 Å². The highest BCUT2D eigenvalue weighted by molar-refractivity contribution is 9.10. The van der Waals surface area contributed by atoms with Gasteiger partial charge in [-0.25, -0.2) is 8.42 Å². The molecule has 7 nitrogen and oxygen atoms in total. The van der Waals surface area contributed by atoms with E-state index in [9.17, 15) is 18.0 Å². The monoisotopic (exact) mass is 697 g/mol. The molecule has 1 N–H and O–H groups in total. The third-order valence-electron chi connectivity index (χ3n) is 6.51. The van der Waals surface area contributed by atoms with Crippen molar-refractivity contribution in [2.24, 2.45) is 0 Å². The summed E-state index contributed by atoms with van der Waals surface area (Å²) in [6.45, 7) is -0.395. The molecule has 4 aromatic rings. The maximum Gasteiger partial charge on any atom is 0.264 e. The van der Waals surface area contributed by atoms with Gasteiger partial charge in [0.15, 0.2) is 0 Å². The summed E-state index contributed by atoms with van der Waals surface area (Å²) >= 11 is 6.82. The van der Waals surface area contributed by atoms with Crippen molar-refractivity contribution in [1.82, 2.24) is 10.2 Å². The standard InChI is InChI=1S/C31H29Br2N3O4S/c1-34-31(38)29(20-23-8-4-2-5-9-23)35(21-24-12-14-25(32)15-13-24)30(37)22-36(27-18-16-26(33)17-19-27)41(39,40)28-10-6-3-7-11-28/h2-19,29H,20-22H2,1H3,(H,34,38)/t29-/m0/s1. The van der Waals surface area contributed by atoms with Crippen LogP contribution in [0.2, 0.25) is 0 Å². The Labute approximate surface area is 257 Å². The molecule has 0 radical (unpaired) electrons. The molecule has 0 aliphatic carbocycles. The van der Waals surface area contributed by atoms with Crippen LogP contribution < -0.4 is 9.62 Å². The molecule has 0 aromatic heterocycles. The number of hydrogen-bond acceptors (Lipinski definition) is 4. The van der Waals surface area contributed by atoms with Crippen LogP contribution >= 0.6 is 31.9 Å². The van der Waals surface area contributed by atoms with E-state index in [4.69, 9.17) is 0 Å². The maximum absolute atomic E-state index is 14.2. The Morgan fingerprint density at radius 1 is 0.756 bits per heavy atom. The van der Waals surface area contributed by atoms with Crippen LogP contribution in [-0.2, 0) is 32.6 Å². The minimum Gasteiger partial charge on any atom is -0.357 e. The van der Waals surface area contributed by atoms with Gasteiger partial charge in [-0.3, -0.25) is 13.9 Å². The lowest BCUT2D eigenvalue weighted by molar-refractivity contribution is -0.139. The number of nitrogens with zero attached hydrogens (tertiary/aromatic N) is 2. The van der Waals surface area contributed by atoms with Gasteiger partial charge in [-0.05, 0) is 59.7 Å². The molecule has 0 saturated carbocycles. The minimum absolute atomic E-state index is 0.0577. The van der Waals surface area contributed by atoms with Gasteiger partial charge >= 0.3 is 0 Å². The van der Waals surface area contributed by atoms with Crippen molar-refractivity contribution >= 4 is 59.4 Å². The molecule has 212 valence electrons. The largest absolute Gasteiger partial charge is 0.357 e. The van der Waals surface area contributed by atoms with Crippen LogP contribution in [0.15, 0.2) is 123 Å². The predicted molar refractivity (Wildman–Crippen MR) is 168 cm³/mol. The highest BCUT2D eigenvalue weighted by atomic mass is 79.9. The van der Waals surface area contributed by atoms with Crippen molar-refractivity contribution in [3.63, 3.8) is 0 Å². The summed E-state index contributed by atoms with van der Waals surface area (Å²) in [6.07, 6.45) is 0.256. The lowest BCUT2D eigenvalue weighted by Crippen LogP contribution is -2.53. The SMILES string of the molecule is CNC(=O)[C@H](Cc1ccccc1)N(Cc1ccc(Br)cc1)C(=O)CN(c1ccc(Br)cc1)S(=O)(=O)c1ccccc1. The van der Waals surface area contributed by atoms with E-state index >= 15 is 0 Å². The van der Waals surface area contributed by atoms with Crippen LogP contribution in [0.1, 0.15) is 11.1 Å². The van der Waals surface area contributed by atoms with Gasteiger partial charge in [-0.15, -0.1) is 0 Å². The first-order chi connectivity index (χ1) is 19.7. The van der Waals surface area contributed by atoms with Crippen LogP contribution in [0.4, 0.5) is 5.69 Å².